The molecule has 0 aliphatic carbocycles. The third-order valence-electron chi connectivity index (χ3n) is 4.05. The quantitative estimate of drug-likeness (QED) is 0.843. The number of phenols is 2. The fourth-order valence-corrected chi connectivity index (χ4v) is 3.04. The summed E-state index contributed by atoms with van der Waals surface area (Å²) < 4.78 is 16.8. The predicted octanol–water partition coefficient (Wildman–Crippen LogP) is 2.72. The Bertz CT molecular complexity index is 725. The van der Waals surface area contributed by atoms with Gasteiger partial charge in [0.1, 0.15) is 34.9 Å². The molecule has 2 N–H and O–H groups in total. The van der Waals surface area contributed by atoms with Crippen molar-refractivity contribution in [2.75, 3.05) is 13.7 Å². The zero-order valence-corrected chi connectivity index (χ0v) is 11.4. The van der Waals surface area contributed by atoms with Crippen LogP contribution in [0.15, 0.2) is 30.3 Å². The molecule has 0 amide bonds. The van der Waals surface area contributed by atoms with Crippen LogP contribution in [-0.2, 0) is 0 Å². The Balaban J connectivity index is 1.82. The van der Waals surface area contributed by atoms with Crippen LogP contribution < -0.4 is 14.2 Å². The molecule has 0 bridgehead atoms. The second kappa shape index (κ2) is 4.22. The molecule has 2 heterocycles. The average Bonchev–Trinajstić information content (AvgIpc) is 2.83. The van der Waals surface area contributed by atoms with Gasteiger partial charge in [0, 0.05) is 23.8 Å². The van der Waals surface area contributed by atoms with E-state index in [1.807, 2.05) is 6.07 Å². The summed E-state index contributed by atoms with van der Waals surface area (Å²) in [6, 6.07) is 8.36. The van der Waals surface area contributed by atoms with E-state index in [2.05, 4.69) is 0 Å². The molecule has 0 radical (unpaired) electrons. The summed E-state index contributed by atoms with van der Waals surface area (Å²) in [4.78, 5) is 0. The maximum Gasteiger partial charge on any atom is 0.141 e. The number of hydrogen-bond acceptors (Lipinski definition) is 5. The molecule has 5 nitrogen and oxygen atoms in total. The van der Waals surface area contributed by atoms with Gasteiger partial charge < -0.3 is 24.4 Å². The molecule has 0 fully saturated rings. The van der Waals surface area contributed by atoms with Crippen LogP contribution in [0.4, 0.5) is 0 Å². The van der Waals surface area contributed by atoms with Crippen LogP contribution in [0.25, 0.3) is 0 Å². The fraction of sp³-hybridized carbons (Fsp3) is 0.250. The summed E-state index contributed by atoms with van der Waals surface area (Å²) in [7, 11) is 1.54. The lowest BCUT2D eigenvalue weighted by Crippen LogP contribution is -2.23. The first-order valence-electron chi connectivity index (χ1n) is 6.70. The molecule has 2 aromatic rings. The first-order valence-corrected chi connectivity index (χ1v) is 6.70. The van der Waals surface area contributed by atoms with Crippen LogP contribution >= 0.6 is 0 Å². The summed E-state index contributed by atoms with van der Waals surface area (Å²) in [5.74, 6) is 2.01. The SMILES string of the molecule is COc1cc(O)c2c(c1)OC[C@@H]1c3ccc(O)cc3O[C@H]21. The fourth-order valence-electron chi connectivity index (χ4n) is 3.04. The summed E-state index contributed by atoms with van der Waals surface area (Å²) in [5.41, 5.74) is 1.61. The monoisotopic (exact) mass is 286 g/mol. The highest BCUT2D eigenvalue weighted by atomic mass is 16.5. The second-order valence-electron chi connectivity index (χ2n) is 5.24. The van der Waals surface area contributed by atoms with Crippen molar-refractivity contribution in [3.63, 3.8) is 0 Å². The minimum absolute atomic E-state index is 0.00685. The second-order valence-corrected chi connectivity index (χ2v) is 5.24. The molecule has 0 spiro atoms. The Labute approximate surface area is 121 Å². The Morgan fingerprint density at radius 1 is 1.14 bits per heavy atom. The lowest BCUT2D eigenvalue weighted by Gasteiger charge is -2.28. The van der Waals surface area contributed by atoms with Crippen LogP contribution in [0.3, 0.4) is 0 Å². The number of methoxy groups -OCH3 is 1. The van der Waals surface area contributed by atoms with Gasteiger partial charge in [-0.25, -0.2) is 0 Å². The zero-order chi connectivity index (χ0) is 14.6. The Morgan fingerprint density at radius 2 is 2.00 bits per heavy atom. The zero-order valence-electron chi connectivity index (χ0n) is 11.4. The van der Waals surface area contributed by atoms with Crippen molar-refractivity contribution in [2.45, 2.75) is 12.0 Å². The van der Waals surface area contributed by atoms with Gasteiger partial charge in [-0.05, 0) is 6.07 Å². The minimum atomic E-state index is -0.309. The largest absolute Gasteiger partial charge is 0.508 e. The van der Waals surface area contributed by atoms with E-state index in [9.17, 15) is 10.2 Å². The lowest BCUT2D eigenvalue weighted by molar-refractivity contribution is 0.135. The summed E-state index contributed by atoms with van der Waals surface area (Å²) in [6.45, 7) is 0.460. The average molecular weight is 286 g/mol. The Morgan fingerprint density at radius 3 is 2.81 bits per heavy atom. The number of hydrogen-bond donors (Lipinski definition) is 2. The normalized spacial score (nSPS) is 21.6. The molecule has 2 aromatic carbocycles. The van der Waals surface area contributed by atoms with Crippen LogP contribution in [0.1, 0.15) is 23.1 Å². The van der Waals surface area contributed by atoms with Crippen molar-refractivity contribution in [2.24, 2.45) is 0 Å². The van der Waals surface area contributed by atoms with Gasteiger partial charge in [-0.3, -0.25) is 0 Å². The molecule has 108 valence electrons. The van der Waals surface area contributed by atoms with E-state index in [4.69, 9.17) is 14.2 Å². The maximum absolute atomic E-state index is 10.3. The highest BCUT2D eigenvalue weighted by molar-refractivity contribution is 5.57. The van der Waals surface area contributed by atoms with Gasteiger partial charge in [-0.1, -0.05) is 6.07 Å². The Kier molecular flexibility index (Phi) is 2.45. The van der Waals surface area contributed by atoms with E-state index in [0.717, 1.165) is 5.56 Å². The standard InChI is InChI=1S/C16H14O5/c1-19-9-5-12(18)15-14(6-9)20-7-11-10-3-2-8(17)4-13(10)21-16(11)15/h2-6,11,16-18H,7H2,1H3/t11-,16+/m1/s1. The van der Waals surface area contributed by atoms with Gasteiger partial charge in [0.05, 0.1) is 25.2 Å². The third kappa shape index (κ3) is 1.70. The minimum Gasteiger partial charge on any atom is -0.508 e. The van der Waals surface area contributed by atoms with Gasteiger partial charge in [-0.15, -0.1) is 0 Å². The summed E-state index contributed by atoms with van der Waals surface area (Å²) in [5, 5.41) is 19.8. The number of phenolic OH excluding ortho intramolecular Hbond substituents is 2. The molecule has 2 atom stereocenters. The highest BCUT2D eigenvalue weighted by Crippen LogP contribution is 2.54. The van der Waals surface area contributed by atoms with Gasteiger partial charge >= 0.3 is 0 Å². The molecule has 5 heteroatoms. The van der Waals surface area contributed by atoms with Crippen molar-refractivity contribution < 1.29 is 24.4 Å². The van der Waals surface area contributed by atoms with Gasteiger partial charge in [0.2, 0.25) is 0 Å². The first kappa shape index (κ1) is 12.2. The molecule has 2 aliphatic rings. The number of fused-ring (bicyclic) bond motifs is 5. The van der Waals surface area contributed by atoms with Crippen molar-refractivity contribution in [1.82, 2.24) is 0 Å². The van der Waals surface area contributed by atoms with Gasteiger partial charge in [0.15, 0.2) is 0 Å². The highest BCUT2D eigenvalue weighted by Gasteiger charge is 2.42. The van der Waals surface area contributed by atoms with E-state index < -0.39 is 0 Å². The number of aromatic hydroxyl groups is 2. The maximum atomic E-state index is 10.3. The molecular formula is C16H14O5. The molecule has 2 aliphatic heterocycles. The van der Waals surface area contributed by atoms with Crippen LogP contribution in [-0.4, -0.2) is 23.9 Å². The number of ether oxygens (including phenoxy) is 3. The van der Waals surface area contributed by atoms with Crippen LogP contribution in [0.2, 0.25) is 0 Å². The smallest absolute Gasteiger partial charge is 0.141 e. The summed E-state index contributed by atoms with van der Waals surface area (Å²) in [6.07, 6.45) is -0.309. The molecule has 0 unspecified atom stereocenters. The van der Waals surface area contributed by atoms with E-state index in [1.54, 1.807) is 24.3 Å². The van der Waals surface area contributed by atoms with Crippen LogP contribution in [0, 0.1) is 0 Å². The lowest BCUT2D eigenvalue weighted by atomic mass is 9.89. The predicted molar refractivity (Wildman–Crippen MR) is 74.4 cm³/mol. The third-order valence-corrected chi connectivity index (χ3v) is 4.05. The Hall–Kier alpha value is -2.56. The molecular weight excluding hydrogens is 272 g/mol. The van der Waals surface area contributed by atoms with Crippen molar-refractivity contribution >= 4 is 0 Å². The van der Waals surface area contributed by atoms with E-state index in [1.165, 1.54) is 7.11 Å². The molecule has 0 aromatic heterocycles. The number of rotatable bonds is 1. The van der Waals surface area contributed by atoms with E-state index in [-0.39, 0.29) is 23.5 Å². The topological polar surface area (TPSA) is 68.2 Å². The van der Waals surface area contributed by atoms with Crippen LogP contribution in [0.5, 0.6) is 28.7 Å². The molecule has 0 saturated carbocycles. The summed E-state index contributed by atoms with van der Waals surface area (Å²) >= 11 is 0. The van der Waals surface area contributed by atoms with Crippen molar-refractivity contribution in [1.29, 1.82) is 0 Å². The molecule has 0 saturated heterocycles. The van der Waals surface area contributed by atoms with Gasteiger partial charge in [-0.2, -0.15) is 0 Å². The van der Waals surface area contributed by atoms with E-state index in [0.29, 0.717) is 29.4 Å². The van der Waals surface area contributed by atoms with Crippen molar-refractivity contribution in [3.8, 4) is 28.7 Å². The first-order chi connectivity index (χ1) is 10.2. The van der Waals surface area contributed by atoms with E-state index >= 15 is 0 Å². The number of benzene rings is 2. The van der Waals surface area contributed by atoms with Gasteiger partial charge in [0.25, 0.3) is 0 Å². The molecule has 4 rings (SSSR count). The molecule has 21 heavy (non-hydrogen) atoms. The van der Waals surface area contributed by atoms with Crippen molar-refractivity contribution in [3.05, 3.63) is 41.5 Å².